The van der Waals surface area contributed by atoms with Crippen molar-refractivity contribution in [2.24, 2.45) is 0 Å². The summed E-state index contributed by atoms with van der Waals surface area (Å²) in [6.45, 7) is 4.92. The lowest BCUT2D eigenvalue weighted by molar-refractivity contribution is -0.138. The standard InChI is InChI=1S/C24H28F3N7O3S2/c1-14-3-2-8-34(14)12-18-21(17-9-15(13-38-17)24(25,26)27)32-23(39-18)33-22(37)16-10-31-19(11-30-16)29-7-6-28-5-4-20(35)36/h9-11,13-14,28H,2-8,12H2,1H3,(H,29,31)(H,35,36)(H,32,33,37)/t14-/m1/s1. The topological polar surface area (TPSA) is 132 Å². The van der Waals surface area contributed by atoms with E-state index in [-0.39, 0.29) is 17.2 Å². The van der Waals surface area contributed by atoms with Gasteiger partial charge in [-0.1, -0.05) is 11.3 Å². The third-order valence-electron chi connectivity index (χ3n) is 6.12. The van der Waals surface area contributed by atoms with Gasteiger partial charge in [-0.25, -0.2) is 15.0 Å². The highest BCUT2D eigenvalue weighted by molar-refractivity contribution is 7.17. The van der Waals surface area contributed by atoms with Crippen LogP contribution in [0.15, 0.2) is 23.8 Å². The van der Waals surface area contributed by atoms with Crippen LogP contribution in [0.25, 0.3) is 10.6 Å². The molecule has 0 unspecified atom stereocenters. The Labute approximate surface area is 230 Å². The molecule has 1 aliphatic heterocycles. The molecule has 0 bridgehead atoms. The number of halogens is 3. The van der Waals surface area contributed by atoms with E-state index in [4.69, 9.17) is 5.11 Å². The number of nitrogens with one attached hydrogen (secondary N) is 3. The van der Waals surface area contributed by atoms with Crippen molar-refractivity contribution >= 4 is 45.5 Å². The number of anilines is 2. The molecule has 0 saturated carbocycles. The number of alkyl halides is 3. The van der Waals surface area contributed by atoms with Crippen molar-refractivity contribution in [1.82, 2.24) is 25.2 Å². The van der Waals surface area contributed by atoms with Gasteiger partial charge in [0.2, 0.25) is 0 Å². The summed E-state index contributed by atoms with van der Waals surface area (Å²) in [6.07, 6.45) is 0.420. The lowest BCUT2D eigenvalue weighted by atomic mass is 10.2. The van der Waals surface area contributed by atoms with Gasteiger partial charge in [0.1, 0.15) is 11.5 Å². The normalized spacial score (nSPS) is 15.9. The number of carboxylic acid groups (broad SMARTS) is 1. The summed E-state index contributed by atoms with van der Waals surface area (Å²) in [7, 11) is 0. The van der Waals surface area contributed by atoms with Crippen molar-refractivity contribution in [2.45, 2.75) is 44.9 Å². The van der Waals surface area contributed by atoms with Crippen LogP contribution >= 0.6 is 22.7 Å². The van der Waals surface area contributed by atoms with Gasteiger partial charge in [-0.3, -0.25) is 19.8 Å². The molecular formula is C24H28F3N7O3S2. The summed E-state index contributed by atoms with van der Waals surface area (Å²) in [4.78, 5) is 39.6. The van der Waals surface area contributed by atoms with E-state index in [0.717, 1.165) is 47.0 Å². The van der Waals surface area contributed by atoms with Gasteiger partial charge in [-0.05, 0) is 32.4 Å². The van der Waals surface area contributed by atoms with Gasteiger partial charge in [0.05, 0.1) is 34.9 Å². The first-order chi connectivity index (χ1) is 18.6. The maximum atomic E-state index is 13.2. The van der Waals surface area contributed by atoms with E-state index < -0.39 is 23.6 Å². The fourth-order valence-corrected chi connectivity index (χ4v) is 6.02. The van der Waals surface area contributed by atoms with Crippen LogP contribution in [0.5, 0.6) is 0 Å². The number of carbonyl (C=O) groups excluding carboxylic acids is 1. The van der Waals surface area contributed by atoms with Crippen LogP contribution in [0.1, 0.15) is 47.1 Å². The number of hydrogen-bond donors (Lipinski definition) is 4. The molecule has 0 aliphatic carbocycles. The fourth-order valence-electron chi connectivity index (χ4n) is 4.02. The van der Waals surface area contributed by atoms with Gasteiger partial charge in [-0.15, -0.1) is 11.3 Å². The van der Waals surface area contributed by atoms with E-state index in [1.54, 1.807) is 0 Å². The number of carbonyl (C=O) groups is 2. The maximum Gasteiger partial charge on any atom is 0.417 e. The van der Waals surface area contributed by atoms with Crippen molar-refractivity contribution in [3.8, 4) is 10.6 Å². The Kier molecular flexibility index (Phi) is 9.48. The Morgan fingerprint density at radius 2 is 2.03 bits per heavy atom. The highest BCUT2D eigenvalue weighted by atomic mass is 32.1. The Bertz CT molecular complexity index is 1280. The van der Waals surface area contributed by atoms with Crippen molar-refractivity contribution in [1.29, 1.82) is 0 Å². The molecule has 4 N–H and O–H groups in total. The Morgan fingerprint density at radius 3 is 2.67 bits per heavy atom. The number of thiazole rings is 1. The number of carboxylic acids is 1. The highest BCUT2D eigenvalue weighted by Gasteiger charge is 2.33. The molecular weight excluding hydrogens is 555 g/mol. The third kappa shape index (κ3) is 7.94. The average Bonchev–Trinajstić information content (AvgIpc) is 3.62. The van der Waals surface area contributed by atoms with Gasteiger partial charge in [-0.2, -0.15) is 13.2 Å². The molecule has 1 fully saturated rings. The van der Waals surface area contributed by atoms with Crippen LogP contribution in [-0.2, 0) is 17.5 Å². The Balaban J connectivity index is 1.42. The summed E-state index contributed by atoms with van der Waals surface area (Å²) in [5.41, 5.74) is -0.221. The first kappa shape index (κ1) is 28.9. The molecule has 1 saturated heterocycles. The van der Waals surface area contributed by atoms with Crippen LogP contribution in [0.2, 0.25) is 0 Å². The number of amides is 1. The predicted molar refractivity (Wildman–Crippen MR) is 143 cm³/mol. The number of rotatable bonds is 12. The quantitative estimate of drug-likeness (QED) is 0.229. The fraction of sp³-hybridized carbons (Fsp3) is 0.458. The summed E-state index contributed by atoms with van der Waals surface area (Å²) in [6, 6.07) is 1.45. The van der Waals surface area contributed by atoms with Crippen molar-refractivity contribution < 1.29 is 27.9 Å². The third-order valence-corrected chi connectivity index (χ3v) is 8.02. The minimum Gasteiger partial charge on any atom is -0.481 e. The van der Waals surface area contributed by atoms with E-state index in [1.807, 2.05) is 0 Å². The van der Waals surface area contributed by atoms with Gasteiger partial charge in [0.25, 0.3) is 5.91 Å². The summed E-state index contributed by atoms with van der Waals surface area (Å²) in [5.74, 6) is -0.958. The Morgan fingerprint density at radius 1 is 1.21 bits per heavy atom. The number of thiophene rings is 1. The van der Waals surface area contributed by atoms with E-state index in [1.165, 1.54) is 23.7 Å². The van der Waals surface area contributed by atoms with E-state index in [2.05, 4.69) is 42.7 Å². The second kappa shape index (κ2) is 12.8. The maximum absolute atomic E-state index is 13.2. The molecule has 0 spiro atoms. The zero-order valence-electron chi connectivity index (χ0n) is 21.0. The predicted octanol–water partition coefficient (Wildman–Crippen LogP) is 4.39. The molecule has 4 heterocycles. The van der Waals surface area contributed by atoms with Crippen molar-refractivity contribution in [3.63, 3.8) is 0 Å². The monoisotopic (exact) mass is 583 g/mol. The minimum atomic E-state index is -4.44. The SMILES string of the molecule is C[C@@H]1CCCN1Cc1sc(NC(=O)c2cnc(NCCNCCC(=O)O)cn2)nc1-c1cc(C(F)(F)F)cs1. The van der Waals surface area contributed by atoms with Crippen LogP contribution in [0, 0.1) is 0 Å². The molecule has 39 heavy (non-hydrogen) atoms. The molecule has 3 aromatic heterocycles. The number of aliphatic carboxylic acids is 1. The summed E-state index contributed by atoms with van der Waals surface area (Å²) < 4.78 is 39.7. The number of hydrogen-bond acceptors (Lipinski definition) is 10. The van der Waals surface area contributed by atoms with Gasteiger partial charge in [0.15, 0.2) is 5.13 Å². The second-order valence-corrected chi connectivity index (χ2v) is 11.0. The first-order valence-electron chi connectivity index (χ1n) is 12.3. The summed E-state index contributed by atoms with van der Waals surface area (Å²) >= 11 is 2.22. The van der Waals surface area contributed by atoms with Gasteiger partial charge in [0, 0.05) is 42.5 Å². The molecule has 1 aliphatic rings. The minimum absolute atomic E-state index is 0.0327. The number of likely N-dealkylation sites (tertiary alicyclic amines) is 1. The molecule has 0 aromatic carbocycles. The largest absolute Gasteiger partial charge is 0.481 e. The zero-order chi connectivity index (χ0) is 28.0. The van der Waals surface area contributed by atoms with Gasteiger partial charge >= 0.3 is 12.1 Å². The molecule has 1 atom stereocenters. The van der Waals surface area contributed by atoms with Crippen LogP contribution in [-0.4, -0.2) is 69.1 Å². The van der Waals surface area contributed by atoms with Crippen molar-refractivity contribution in [3.05, 3.63) is 40.0 Å². The van der Waals surface area contributed by atoms with Gasteiger partial charge < -0.3 is 15.7 Å². The van der Waals surface area contributed by atoms with E-state index in [9.17, 15) is 22.8 Å². The van der Waals surface area contributed by atoms with Crippen LogP contribution < -0.4 is 16.0 Å². The average molecular weight is 584 g/mol. The Hall–Kier alpha value is -3.14. The lowest BCUT2D eigenvalue weighted by Gasteiger charge is -2.20. The molecule has 4 rings (SSSR count). The van der Waals surface area contributed by atoms with E-state index in [0.29, 0.717) is 48.6 Å². The molecule has 0 radical (unpaired) electrons. The number of aromatic nitrogens is 3. The summed E-state index contributed by atoms with van der Waals surface area (Å²) in [5, 5.41) is 18.7. The zero-order valence-corrected chi connectivity index (χ0v) is 22.7. The first-order valence-corrected chi connectivity index (χ1v) is 14.0. The number of nitrogens with zero attached hydrogens (tertiary/aromatic N) is 4. The van der Waals surface area contributed by atoms with Crippen LogP contribution in [0.4, 0.5) is 24.1 Å². The molecule has 210 valence electrons. The highest BCUT2D eigenvalue weighted by Crippen LogP contribution is 2.40. The smallest absolute Gasteiger partial charge is 0.417 e. The lowest BCUT2D eigenvalue weighted by Crippen LogP contribution is -2.25. The molecule has 3 aromatic rings. The van der Waals surface area contributed by atoms with Crippen LogP contribution in [0.3, 0.4) is 0 Å². The molecule has 10 nitrogen and oxygen atoms in total. The molecule has 15 heteroatoms. The van der Waals surface area contributed by atoms with E-state index >= 15 is 0 Å². The second-order valence-electron chi connectivity index (χ2n) is 9.01. The van der Waals surface area contributed by atoms with Crippen molar-refractivity contribution in [2.75, 3.05) is 36.8 Å². The molecule has 1 amide bonds.